The summed E-state index contributed by atoms with van der Waals surface area (Å²) in [5, 5.41) is 11.8. The molecule has 1 unspecified atom stereocenters. The second kappa shape index (κ2) is 10.9. The normalized spacial score (nSPS) is 22.2. The highest BCUT2D eigenvalue weighted by Crippen LogP contribution is 2.28. The quantitative estimate of drug-likeness (QED) is 0.718. The number of aryl methyl sites for hydroxylation is 1. The minimum Gasteiger partial charge on any atom is -0.365 e. The highest BCUT2D eigenvalue weighted by Gasteiger charge is 2.33. The van der Waals surface area contributed by atoms with Crippen LogP contribution in [0.2, 0.25) is 0 Å². The van der Waals surface area contributed by atoms with Crippen molar-refractivity contribution >= 4 is 11.8 Å². The lowest BCUT2D eigenvalue weighted by molar-refractivity contribution is -0.127. The molecule has 2 fully saturated rings. The van der Waals surface area contributed by atoms with Gasteiger partial charge in [0.15, 0.2) is 5.69 Å². The Morgan fingerprint density at radius 2 is 1.66 bits per heavy atom. The molecule has 8 nitrogen and oxygen atoms in total. The van der Waals surface area contributed by atoms with Gasteiger partial charge in [-0.05, 0) is 38.2 Å². The molecular weight excluding hydrogens is 442 g/mol. The number of rotatable bonds is 4. The van der Waals surface area contributed by atoms with E-state index in [-0.39, 0.29) is 23.8 Å². The van der Waals surface area contributed by atoms with Gasteiger partial charge in [0.1, 0.15) is 6.10 Å². The molecule has 1 atom stereocenters. The van der Waals surface area contributed by atoms with Crippen LogP contribution in [0.4, 0.5) is 0 Å². The molecule has 35 heavy (non-hydrogen) atoms. The van der Waals surface area contributed by atoms with Gasteiger partial charge in [-0.2, -0.15) is 0 Å². The van der Waals surface area contributed by atoms with E-state index >= 15 is 0 Å². The largest absolute Gasteiger partial charge is 0.365 e. The maximum atomic E-state index is 13.2. The Labute approximate surface area is 207 Å². The highest BCUT2D eigenvalue weighted by atomic mass is 16.5. The number of aromatic nitrogens is 3. The first kappa shape index (κ1) is 24.0. The number of fused-ring (bicyclic) bond motifs is 1. The number of benzene rings is 1. The zero-order chi connectivity index (χ0) is 24.2. The van der Waals surface area contributed by atoms with Crippen LogP contribution >= 0.6 is 0 Å². The van der Waals surface area contributed by atoms with Crippen LogP contribution in [-0.4, -0.2) is 50.8 Å². The van der Waals surface area contributed by atoms with E-state index in [0.717, 1.165) is 24.1 Å². The molecule has 2 amide bonds. The lowest BCUT2D eigenvalue weighted by Crippen LogP contribution is -2.45. The number of carbonyl (C=O) groups excluding carboxylic acids is 2. The molecule has 0 spiro atoms. The van der Waals surface area contributed by atoms with Crippen LogP contribution < -0.4 is 5.32 Å². The summed E-state index contributed by atoms with van der Waals surface area (Å²) in [7, 11) is 0. The number of piperidine rings is 1. The topological polar surface area (TPSA) is 89.4 Å². The highest BCUT2D eigenvalue weighted by molar-refractivity contribution is 5.93. The van der Waals surface area contributed by atoms with E-state index < -0.39 is 0 Å². The zero-order valence-corrected chi connectivity index (χ0v) is 20.7. The molecule has 1 saturated heterocycles. The van der Waals surface area contributed by atoms with Crippen LogP contribution in [0.15, 0.2) is 24.3 Å². The molecule has 3 heterocycles. The lowest BCUT2D eigenvalue weighted by Gasteiger charge is -2.32. The standard InChI is InChI=1S/C27H37N5O3/c1-19-9-11-20(12-10-19)24-17-32-23(18-35-24)25(29-30-32)27(34)31-15-13-21(14-16-31)26(33)28-22-7-5-3-2-4-6-8-22/h9-12,21-22,24H,2-8,13-18H2,1H3,(H,28,33). The van der Waals surface area contributed by atoms with Crippen LogP contribution in [0.25, 0.3) is 0 Å². The average Bonchev–Trinajstić information content (AvgIpc) is 3.29. The second-order valence-electron chi connectivity index (χ2n) is 10.4. The van der Waals surface area contributed by atoms with Gasteiger partial charge in [0.25, 0.3) is 5.91 Å². The summed E-state index contributed by atoms with van der Waals surface area (Å²) in [6.45, 7) is 4.06. The lowest BCUT2D eigenvalue weighted by atomic mass is 9.93. The fraction of sp³-hybridized carbons (Fsp3) is 0.630. The van der Waals surface area contributed by atoms with E-state index in [4.69, 9.17) is 4.74 Å². The third-order valence-corrected chi connectivity index (χ3v) is 7.85. The van der Waals surface area contributed by atoms with Crippen LogP contribution in [0.1, 0.15) is 91.2 Å². The van der Waals surface area contributed by atoms with E-state index in [1.165, 1.54) is 37.7 Å². The Hall–Kier alpha value is -2.74. The Morgan fingerprint density at radius 1 is 0.971 bits per heavy atom. The maximum absolute atomic E-state index is 13.2. The Bertz CT molecular complexity index is 1020. The molecule has 2 aromatic rings. The molecule has 1 N–H and O–H groups in total. The van der Waals surface area contributed by atoms with Crippen LogP contribution in [0, 0.1) is 12.8 Å². The van der Waals surface area contributed by atoms with Gasteiger partial charge in [0, 0.05) is 25.0 Å². The zero-order valence-electron chi connectivity index (χ0n) is 20.7. The summed E-state index contributed by atoms with van der Waals surface area (Å²) in [6.07, 6.45) is 9.76. The van der Waals surface area contributed by atoms with Gasteiger partial charge in [-0.3, -0.25) is 9.59 Å². The van der Waals surface area contributed by atoms with Gasteiger partial charge in [-0.1, -0.05) is 67.1 Å². The average molecular weight is 480 g/mol. The summed E-state index contributed by atoms with van der Waals surface area (Å²) in [5.74, 6) is 0.0406. The molecule has 1 aliphatic carbocycles. The van der Waals surface area contributed by atoms with E-state index in [2.05, 4.69) is 46.8 Å². The van der Waals surface area contributed by atoms with Crippen LogP contribution in [0.5, 0.6) is 0 Å². The minimum absolute atomic E-state index is 0.0165. The van der Waals surface area contributed by atoms with Crippen molar-refractivity contribution in [1.82, 2.24) is 25.2 Å². The van der Waals surface area contributed by atoms with Gasteiger partial charge in [-0.15, -0.1) is 5.10 Å². The molecule has 2 aliphatic heterocycles. The molecule has 188 valence electrons. The predicted octanol–water partition coefficient (Wildman–Crippen LogP) is 3.94. The number of nitrogens with one attached hydrogen (secondary N) is 1. The number of amides is 2. The SMILES string of the molecule is Cc1ccc(C2Cn3nnc(C(=O)N4CCC(C(=O)NC5CCCCCCC5)CC4)c3CO2)cc1. The summed E-state index contributed by atoms with van der Waals surface area (Å²) in [6, 6.07) is 8.62. The number of ether oxygens (including phenoxy) is 1. The Morgan fingerprint density at radius 3 is 2.37 bits per heavy atom. The molecule has 0 radical (unpaired) electrons. The van der Waals surface area contributed by atoms with Crippen molar-refractivity contribution in [2.24, 2.45) is 5.92 Å². The first-order valence-corrected chi connectivity index (χ1v) is 13.3. The molecule has 1 aromatic heterocycles. The van der Waals surface area contributed by atoms with Crippen LogP contribution in [0.3, 0.4) is 0 Å². The van der Waals surface area contributed by atoms with E-state index in [9.17, 15) is 9.59 Å². The number of hydrogen-bond donors (Lipinski definition) is 1. The van der Waals surface area contributed by atoms with E-state index in [0.29, 0.717) is 50.8 Å². The predicted molar refractivity (Wildman–Crippen MR) is 132 cm³/mol. The van der Waals surface area contributed by atoms with Gasteiger partial charge in [0.2, 0.25) is 5.91 Å². The van der Waals surface area contributed by atoms with Crippen molar-refractivity contribution in [3.63, 3.8) is 0 Å². The van der Waals surface area contributed by atoms with Gasteiger partial charge in [-0.25, -0.2) is 4.68 Å². The third kappa shape index (κ3) is 5.58. The van der Waals surface area contributed by atoms with E-state index in [1.54, 1.807) is 4.68 Å². The number of nitrogens with zero attached hydrogens (tertiary/aromatic N) is 4. The molecule has 3 aliphatic rings. The van der Waals surface area contributed by atoms with Crippen molar-refractivity contribution < 1.29 is 14.3 Å². The summed E-state index contributed by atoms with van der Waals surface area (Å²) in [5.41, 5.74) is 3.43. The van der Waals surface area contributed by atoms with Crippen molar-refractivity contribution in [3.8, 4) is 0 Å². The molecular formula is C27H37N5O3. The van der Waals surface area contributed by atoms with Crippen molar-refractivity contribution in [2.45, 2.75) is 90.0 Å². The van der Waals surface area contributed by atoms with Gasteiger partial charge >= 0.3 is 0 Å². The Kier molecular flexibility index (Phi) is 7.46. The first-order chi connectivity index (χ1) is 17.1. The number of hydrogen-bond acceptors (Lipinski definition) is 5. The first-order valence-electron chi connectivity index (χ1n) is 13.3. The fourth-order valence-corrected chi connectivity index (χ4v) is 5.57. The molecule has 8 heteroatoms. The molecule has 0 bridgehead atoms. The van der Waals surface area contributed by atoms with E-state index in [1.807, 2.05) is 4.90 Å². The fourth-order valence-electron chi connectivity index (χ4n) is 5.57. The summed E-state index contributed by atoms with van der Waals surface area (Å²) >= 11 is 0. The maximum Gasteiger partial charge on any atom is 0.276 e. The number of likely N-dealkylation sites (tertiary alicyclic amines) is 1. The van der Waals surface area contributed by atoms with Crippen LogP contribution in [-0.2, 0) is 22.7 Å². The smallest absolute Gasteiger partial charge is 0.276 e. The minimum atomic E-state index is -0.109. The molecule has 1 saturated carbocycles. The van der Waals surface area contributed by atoms with Gasteiger partial charge in [0.05, 0.1) is 18.8 Å². The molecule has 1 aromatic carbocycles. The van der Waals surface area contributed by atoms with Crippen molar-refractivity contribution in [1.29, 1.82) is 0 Å². The number of carbonyl (C=O) groups is 2. The summed E-state index contributed by atoms with van der Waals surface area (Å²) < 4.78 is 7.88. The van der Waals surface area contributed by atoms with Crippen molar-refractivity contribution in [3.05, 3.63) is 46.8 Å². The van der Waals surface area contributed by atoms with Gasteiger partial charge < -0.3 is 15.0 Å². The monoisotopic (exact) mass is 479 g/mol. The van der Waals surface area contributed by atoms with Crippen molar-refractivity contribution in [2.75, 3.05) is 13.1 Å². The molecule has 5 rings (SSSR count). The summed E-state index contributed by atoms with van der Waals surface area (Å²) in [4.78, 5) is 27.9. The third-order valence-electron chi connectivity index (χ3n) is 7.85. The Balaban J connectivity index is 1.15. The second-order valence-corrected chi connectivity index (χ2v) is 10.4.